The maximum absolute atomic E-state index is 13.0. The zero-order valence-corrected chi connectivity index (χ0v) is 24.6. The molecule has 3 aromatic carbocycles. The normalized spacial score (nSPS) is 14.2. The fourth-order valence-corrected chi connectivity index (χ4v) is 4.49. The lowest BCUT2D eigenvalue weighted by Crippen LogP contribution is -2.25. The summed E-state index contributed by atoms with van der Waals surface area (Å²) in [5, 5.41) is 7.52. The number of urea groups is 1. The Morgan fingerprint density at radius 1 is 1.00 bits per heavy atom. The maximum Gasteiger partial charge on any atom is 0.416 e. The van der Waals surface area contributed by atoms with E-state index in [0.717, 1.165) is 31.8 Å². The molecule has 1 aliphatic heterocycles. The monoisotopic (exact) mass is 621 g/mol. The number of nitrogens with two attached hydrogens (primary N) is 1. The molecule has 3 aromatic rings. The van der Waals surface area contributed by atoms with E-state index in [1.54, 1.807) is 25.1 Å². The molecule has 5 N–H and O–H groups in total. The molecule has 1 saturated heterocycles. The first-order chi connectivity index (χ1) is 21.6. The van der Waals surface area contributed by atoms with Crippen molar-refractivity contribution in [3.8, 4) is 5.75 Å². The van der Waals surface area contributed by atoms with Crippen molar-refractivity contribution in [2.45, 2.75) is 25.9 Å². The first kappa shape index (κ1) is 32.7. The van der Waals surface area contributed by atoms with Crippen molar-refractivity contribution in [3.63, 3.8) is 0 Å². The quantitative estimate of drug-likeness (QED) is 0.152. The Morgan fingerprint density at radius 3 is 2.47 bits per heavy atom. The summed E-state index contributed by atoms with van der Waals surface area (Å²) in [6, 6.07) is 15.4. The Kier molecular flexibility index (Phi) is 11.3. The van der Waals surface area contributed by atoms with Crippen molar-refractivity contribution < 1.29 is 27.5 Å². The van der Waals surface area contributed by atoms with Gasteiger partial charge >= 0.3 is 12.2 Å². The van der Waals surface area contributed by atoms with Gasteiger partial charge in [-0.05, 0) is 80.9 Å². The van der Waals surface area contributed by atoms with Gasteiger partial charge in [0.15, 0.2) is 0 Å². The second-order valence-corrected chi connectivity index (χ2v) is 10.2. The van der Waals surface area contributed by atoms with Crippen LogP contribution in [0.4, 0.5) is 35.0 Å². The van der Waals surface area contributed by atoms with Crippen LogP contribution in [-0.2, 0) is 6.18 Å². The Bertz CT molecular complexity index is 1580. The average molecular weight is 622 g/mol. The third-order valence-corrected chi connectivity index (χ3v) is 6.80. The largest absolute Gasteiger partial charge is 0.492 e. The summed E-state index contributed by atoms with van der Waals surface area (Å²) in [6.07, 6.45) is 1.74. The molecule has 0 aliphatic carbocycles. The van der Waals surface area contributed by atoms with Crippen LogP contribution in [-0.4, -0.2) is 55.6 Å². The zero-order chi connectivity index (χ0) is 32.2. The van der Waals surface area contributed by atoms with Crippen molar-refractivity contribution in [2.24, 2.45) is 15.7 Å². The molecule has 10 nitrogen and oxygen atoms in total. The number of amides is 3. The van der Waals surface area contributed by atoms with Crippen LogP contribution < -0.4 is 26.4 Å². The van der Waals surface area contributed by atoms with Crippen LogP contribution in [0, 0.1) is 6.92 Å². The minimum Gasteiger partial charge on any atom is -0.492 e. The Hall–Kier alpha value is -5.17. The molecule has 3 amide bonds. The summed E-state index contributed by atoms with van der Waals surface area (Å²) in [4.78, 5) is 36.2. The van der Waals surface area contributed by atoms with Crippen molar-refractivity contribution in [2.75, 3.05) is 36.9 Å². The van der Waals surface area contributed by atoms with Gasteiger partial charge in [-0.3, -0.25) is 9.69 Å². The number of hydrogen-bond acceptors (Lipinski definition) is 6. The van der Waals surface area contributed by atoms with Crippen LogP contribution in [0.15, 0.2) is 88.6 Å². The third kappa shape index (κ3) is 10.2. The number of nitrogens with one attached hydrogen (secondary N) is 3. The van der Waals surface area contributed by atoms with Crippen LogP contribution in [0.25, 0.3) is 0 Å². The topological polar surface area (TPSA) is 133 Å². The molecule has 0 atom stereocenters. The second-order valence-electron chi connectivity index (χ2n) is 10.2. The molecule has 45 heavy (non-hydrogen) atoms. The van der Waals surface area contributed by atoms with E-state index in [1.165, 1.54) is 49.8 Å². The highest BCUT2D eigenvalue weighted by molar-refractivity contribution is 6.03. The third-order valence-electron chi connectivity index (χ3n) is 6.80. The number of benzene rings is 3. The van der Waals surface area contributed by atoms with Gasteiger partial charge in [-0.15, -0.1) is 0 Å². The van der Waals surface area contributed by atoms with Gasteiger partial charge in [0.2, 0.25) is 0 Å². The molecular formula is C32H34F3N7O3. The molecule has 0 spiro atoms. The lowest BCUT2D eigenvalue weighted by atomic mass is 10.1. The second kappa shape index (κ2) is 15.5. The predicted molar refractivity (Wildman–Crippen MR) is 169 cm³/mol. The first-order valence-corrected chi connectivity index (χ1v) is 14.2. The number of carbonyl (C=O) groups excluding carboxylic acids is 2. The number of aryl methyl sites for hydroxylation is 1. The highest BCUT2D eigenvalue weighted by Gasteiger charge is 2.30. The maximum atomic E-state index is 13.0. The minimum atomic E-state index is -4.55. The van der Waals surface area contributed by atoms with Crippen LogP contribution in [0.2, 0.25) is 0 Å². The highest BCUT2D eigenvalue weighted by atomic mass is 19.4. The standard InChI is InChI=1S/C32H34F3N7O3/c1-22-10-11-26(41-31(44)40-25-8-4-6-23(16-25)32(33,34)35)18-29(22)30(43)39-27(19-36)20-37-21-38-24-7-5-9-28(17-24)45-15-14-42-12-2-3-13-42/h4-11,16-21H,2-3,12-15,36H2,1H3,(H,39,43)(H2,40,41,44). The van der Waals surface area contributed by atoms with Gasteiger partial charge in [-0.2, -0.15) is 13.2 Å². The van der Waals surface area contributed by atoms with E-state index in [1.807, 2.05) is 18.2 Å². The molecule has 0 saturated carbocycles. The number of ether oxygens (including phenoxy) is 1. The molecule has 0 unspecified atom stereocenters. The van der Waals surface area contributed by atoms with Crippen molar-refractivity contribution >= 4 is 41.6 Å². The minimum absolute atomic E-state index is 0.0399. The summed E-state index contributed by atoms with van der Waals surface area (Å²) < 4.78 is 44.8. The summed E-state index contributed by atoms with van der Waals surface area (Å²) in [5.41, 5.74) is 6.67. The van der Waals surface area contributed by atoms with Gasteiger partial charge in [0, 0.05) is 35.7 Å². The van der Waals surface area contributed by atoms with Crippen molar-refractivity contribution in [3.05, 3.63) is 95.3 Å². The lowest BCUT2D eigenvalue weighted by Gasteiger charge is -2.14. The molecule has 236 valence electrons. The van der Waals surface area contributed by atoms with E-state index in [9.17, 15) is 22.8 Å². The van der Waals surface area contributed by atoms with E-state index in [-0.39, 0.29) is 22.6 Å². The van der Waals surface area contributed by atoms with E-state index < -0.39 is 23.7 Å². The van der Waals surface area contributed by atoms with Crippen molar-refractivity contribution in [1.82, 2.24) is 10.2 Å². The number of allylic oxidation sites excluding steroid dienone is 1. The van der Waals surface area contributed by atoms with Gasteiger partial charge in [-0.1, -0.05) is 18.2 Å². The van der Waals surface area contributed by atoms with E-state index in [0.29, 0.717) is 23.6 Å². The lowest BCUT2D eigenvalue weighted by molar-refractivity contribution is -0.137. The number of alkyl halides is 3. The predicted octanol–water partition coefficient (Wildman–Crippen LogP) is 6.09. The number of nitrogens with zero attached hydrogens (tertiary/aromatic N) is 3. The Labute approximate surface area is 258 Å². The van der Waals surface area contributed by atoms with Gasteiger partial charge in [-0.25, -0.2) is 14.8 Å². The highest BCUT2D eigenvalue weighted by Crippen LogP contribution is 2.30. The number of likely N-dealkylation sites (tertiary alicyclic amines) is 1. The molecule has 0 radical (unpaired) electrons. The summed E-state index contributed by atoms with van der Waals surface area (Å²) >= 11 is 0. The van der Waals surface area contributed by atoms with Crippen molar-refractivity contribution in [1.29, 1.82) is 0 Å². The molecule has 1 fully saturated rings. The van der Waals surface area contributed by atoms with Crippen LogP contribution in [0.3, 0.4) is 0 Å². The molecular weight excluding hydrogens is 587 g/mol. The van der Waals surface area contributed by atoms with Crippen LogP contribution >= 0.6 is 0 Å². The average Bonchev–Trinajstić information content (AvgIpc) is 3.53. The molecule has 0 bridgehead atoms. The summed E-state index contributed by atoms with van der Waals surface area (Å²) in [6.45, 7) is 5.42. The number of halogens is 3. The zero-order valence-electron chi connectivity index (χ0n) is 24.6. The van der Waals surface area contributed by atoms with E-state index in [4.69, 9.17) is 10.5 Å². The Morgan fingerprint density at radius 2 is 1.73 bits per heavy atom. The number of rotatable bonds is 11. The van der Waals surface area contributed by atoms with Gasteiger partial charge in [0.25, 0.3) is 5.91 Å². The van der Waals surface area contributed by atoms with E-state index >= 15 is 0 Å². The van der Waals surface area contributed by atoms with Gasteiger partial charge < -0.3 is 26.4 Å². The van der Waals surface area contributed by atoms with Gasteiger partial charge in [0.1, 0.15) is 18.7 Å². The number of hydrogen-bond donors (Lipinski definition) is 4. The SMILES string of the molecule is Cc1ccc(NC(=O)Nc2cccc(C(F)(F)F)c2)cc1C(=O)NC(C=NC=Nc1cccc(OCCN2CCCC2)c1)=CN. The molecule has 1 aliphatic rings. The summed E-state index contributed by atoms with van der Waals surface area (Å²) in [7, 11) is 0. The molecule has 13 heteroatoms. The fraction of sp³-hybridized carbons (Fsp3) is 0.250. The van der Waals surface area contributed by atoms with Crippen LogP contribution in [0.5, 0.6) is 5.75 Å². The number of carbonyl (C=O) groups is 2. The molecule has 1 heterocycles. The van der Waals surface area contributed by atoms with Crippen LogP contribution in [0.1, 0.15) is 34.3 Å². The smallest absolute Gasteiger partial charge is 0.416 e. The fourth-order valence-electron chi connectivity index (χ4n) is 4.49. The number of aliphatic imine (C=N–C) groups is 2. The molecule has 4 rings (SSSR count). The van der Waals surface area contributed by atoms with E-state index in [2.05, 4.69) is 30.8 Å². The first-order valence-electron chi connectivity index (χ1n) is 14.2. The summed E-state index contributed by atoms with van der Waals surface area (Å²) in [5.74, 6) is 0.191. The van der Waals surface area contributed by atoms with Gasteiger partial charge in [0.05, 0.1) is 23.2 Å². The Balaban J connectivity index is 1.30. The number of anilines is 2. The molecule has 0 aromatic heterocycles.